The molecular weight excluding hydrogens is 231 g/mol. The van der Waals surface area contributed by atoms with Crippen LogP contribution in [0.5, 0.6) is 0 Å². The summed E-state index contributed by atoms with van der Waals surface area (Å²) in [6.07, 6.45) is 0. The molecule has 0 aliphatic carbocycles. The summed E-state index contributed by atoms with van der Waals surface area (Å²) in [5.74, 6) is -0.155. The lowest BCUT2D eigenvalue weighted by atomic mass is 10.1. The highest BCUT2D eigenvalue weighted by atomic mass is 19.1. The van der Waals surface area contributed by atoms with Gasteiger partial charge in [0.05, 0.1) is 0 Å². The lowest BCUT2D eigenvalue weighted by molar-refractivity contribution is -0.123. The zero-order valence-corrected chi connectivity index (χ0v) is 11.2. The average Bonchev–Trinajstić information content (AvgIpc) is 2.32. The summed E-state index contributed by atoms with van der Waals surface area (Å²) in [6.45, 7) is 7.31. The molecule has 1 aromatic rings. The number of benzene rings is 1. The smallest absolute Gasteiger partial charge is 0.222 e. The number of carbonyl (C=O) groups excluding carboxylic acids is 1. The molecule has 0 aromatic heterocycles. The molecule has 1 amide bonds. The van der Waals surface area contributed by atoms with E-state index in [2.05, 4.69) is 10.6 Å². The summed E-state index contributed by atoms with van der Waals surface area (Å²) >= 11 is 0. The highest BCUT2D eigenvalue weighted by molar-refractivity contribution is 5.77. The van der Waals surface area contributed by atoms with Crippen LogP contribution in [0.15, 0.2) is 18.2 Å². The molecule has 0 aliphatic heterocycles. The van der Waals surface area contributed by atoms with E-state index in [0.717, 1.165) is 5.56 Å². The second-order valence-electron chi connectivity index (χ2n) is 4.72. The first-order valence-corrected chi connectivity index (χ1v) is 6.24. The van der Waals surface area contributed by atoms with Crippen LogP contribution in [-0.4, -0.2) is 19.0 Å². The van der Waals surface area contributed by atoms with Gasteiger partial charge in [0.2, 0.25) is 5.91 Å². The third-order valence-electron chi connectivity index (χ3n) is 2.64. The largest absolute Gasteiger partial charge is 0.355 e. The SMILES string of the molecule is Cc1ccc(F)c(CNCCNC(=O)C(C)C)c1. The number of rotatable bonds is 6. The molecule has 0 fully saturated rings. The van der Waals surface area contributed by atoms with Crippen molar-refractivity contribution in [2.75, 3.05) is 13.1 Å². The van der Waals surface area contributed by atoms with Crippen LogP contribution in [0.4, 0.5) is 4.39 Å². The lowest BCUT2D eigenvalue weighted by Gasteiger charge is -2.09. The molecule has 0 saturated carbocycles. The Morgan fingerprint density at radius 2 is 2.06 bits per heavy atom. The fourth-order valence-corrected chi connectivity index (χ4v) is 1.54. The summed E-state index contributed by atoms with van der Waals surface area (Å²) in [6, 6.07) is 5.06. The van der Waals surface area contributed by atoms with Gasteiger partial charge in [0.1, 0.15) is 5.82 Å². The normalized spacial score (nSPS) is 10.7. The van der Waals surface area contributed by atoms with Crippen molar-refractivity contribution >= 4 is 5.91 Å². The van der Waals surface area contributed by atoms with Gasteiger partial charge < -0.3 is 10.6 Å². The van der Waals surface area contributed by atoms with Gasteiger partial charge in [0.25, 0.3) is 0 Å². The first-order chi connectivity index (χ1) is 8.50. The third-order valence-corrected chi connectivity index (χ3v) is 2.64. The highest BCUT2D eigenvalue weighted by Crippen LogP contribution is 2.09. The summed E-state index contributed by atoms with van der Waals surface area (Å²) in [5, 5.41) is 5.91. The number of aryl methyl sites for hydroxylation is 1. The zero-order chi connectivity index (χ0) is 13.5. The minimum absolute atomic E-state index is 0.000725. The molecule has 0 heterocycles. The molecule has 0 saturated heterocycles. The van der Waals surface area contributed by atoms with Gasteiger partial charge in [-0.05, 0) is 13.0 Å². The fourth-order valence-electron chi connectivity index (χ4n) is 1.54. The van der Waals surface area contributed by atoms with Gasteiger partial charge in [0.15, 0.2) is 0 Å². The molecule has 0 spiro atoms. The standard InChI is InChI=1S/C14H21FN2O/c1-10(2)14(18)17-7-6-16-9-12-8-11(3)4-5-13(12)15/h4-5,8,10,16H,6-7,9H2,1-3H3,(H,17,18). The van der Waals surface area contributed by atoms with Gasteiger partial charge in [0, 0.05) is 31.1 Å². The topological polar surface area (TPSA) is 41.1 Å². The monoisotopic (exact) mass is 252 g/mol. The number of hydrogen-bond acceptors (Lipinski definition) is 2. The quantitative estimate of drug-likeness (QED) is 0.760. The molecule has 100 valence electrons. The Bertz CT molecular complexity index is 405. The van der Waals surface area contributed by atoms with Crippen LogP contribution in [-0.2, 0) is 11.3 Å². The van der Waals surface area contributed by atoms with Crippen LogP contribution in [0.2, 0.25) is 0 Å². The molecule has 4 heteroatoms. The summed E-state index contributed by atoms with van der Waals surface area (Å²) < 4.78 is 13.4. The van der Waals surface area contributed by atoms with E-state index in [-0.39, 0.29) is 17.6 Å². The van der Waals surface area contributed by atoms with Crippen LogP contribution >= 0.6 is 0 Å². The van der Waals surface area contributed by atoms with Crippen LogP contribution < -0.4 is 10.6 Å². The van der Waals surface area contributed by atoms with Gasteiger partial charge >= 0.3 is 0 Å². The van der Waals surface area contributed by atoms with Gasteiger partial charge in [-0.15, -0.1) is 0 Å². The number of amides is 1. The Kier molecular flexibility index (Phi) is 5.78. The Balaban J connectivity index is 2.26. The van der Waals surface area contributed by atoms with Gasteiger partial charge in [-0.25, -0.2) is 4.39 Å². The van der Waals surface area contributed by atoms with Crippen molar-refractivity contribution < 1.29 is 9.18 Å². The van der Waals surface area contributed by atoms with E-state index in [0.29, 0.717) is 25.2 Å². The van der Waals surface area contributed by atoms with E-state index in [1.54, 1.807) is 6.07 Å². The lowest BCUT2D eigenvalue weighted by Crippen LogP contribution is -2.34. The van der Waals surface area contributed by atoms with E-state index in [1.165, 1.54) is 6.07 Å². The summed E-state index contributed by atoms with van der Waals surface area (Å²) in [4.78, 5) is 11.3. The molecule has 0 bridgehead atoms. The van der Waals surface area contributed by atoms with Crippen molar-refractivity contribution in [3.8, 4) is 0 Å². The molecule has 0 aliphatic rings. The second-order valence-corrected chi connectivity index (χ2v) is 4.72. The Morgan fingerprint density at radius 3 is 2.72 bits per heavy atom. The maximum absolute atomic E-state index is 13.4. The molecule has 1 aromatic carbocycles. The fraction of sp³-hybridized carbons (Fsp3) is 0.500. The number of hydrogen-bond donors (Lipinski definition) is 2. The Labute approximate surface area is 108 Å². The molecule has 3 nitrogen and oxygen atoms in total. The average molecular weight is 252 g/mol. The van der Waals surface area contributed by atoms with Crippen molar-refractivity contribution in [3.63, 3.8) is 0 Å². The first-order valence-electron chi connectivity index (χ1n) is 6.24. The van der Waals surface area contributed by atoms with E-state index >= 15 is 0 Å². The summed E-state index contributed by atoms with van der Waals surface area (Å²) in [5.41, 5.74) is 1.70. The summed E-state index contributed by atoms with van der Waals surface area (Å²) in [7, 11) is 0. The predicted molar refractivity (Wildman–Crippen MR) is 70.7 cm³/mol. The predicted octanol–water partition coefficient (Wildman–Crippen LogP) is 2.00. The highest BCUT2D eigenvalue weighted by Gasteiger charge is 2.05. The van der Waals surface area contributed by atoms with Gasteiger partial charge in [-0.1, -0.05) is 31.5 Å². The number of carbonyl (C=O) groups is 1. The van der Waals surface area contributed by atoms with E-state index in [1.807, 2.05) is 26.8 Å². The third kappa shape index (κ3) is 4.84. The second kappa shape index (κ2) is 7.11. The molecular formula is C14H21FN2O. The molecule has 1 rings (SSSR count). The minimum Gasteiger partial charge on any atom is -0.355 e. The van der Waals surface area contributed by atoms with E-state index < -0.39 is 0 Å². The maximum atomic E-state index is 13.4. The number of halogens is 1. The van der Waals surface area contributed by atoms with Crippen molar-refractivity contribution in [2.24, 2.45) is 5.92 Å². The van der Waals surface area contributed by atoms with Crippen LogP contribution in [0, 0.1) is 18.7 Å². The van der Waals surface area contributed by atoms with Crippen molar-refractivity contribution in [3.05, 3.63) is 35.1 Å². The molecule has 18 heavy (non-hydrogen) atoms. The molecule has 2 N–H and O–H groups in total. The van der Waals surface area contributed by atoms with E-state index in [9.17, 15) is 9.18 Å². The minimum atomic E-state index is -0.195. The van der Waals surface area contributed by atoms with Crippen molar-refractivity contribution in [1.82, 2.24) is 10.6 Å². The van der Waals surface area contributed by atoms with Gasteiger partial charge in [-0.2, -0.15) is 0 Å². The molecule has 0 unspecified atom stereocenters. The van der Waals surface area contributed by atoms with Crippen LogP contribution in [0.3, 0.4) is 0 Å². The maximum Gasteiger partial charge on any atom is 0.222 e. The molecule has 0 atom stereocenters. The first kappa shape index (κ1) is 14.6. The van der Waals surface area contributed by atoms with Crippen molar-refractivity contribution in [2.45, 2.75) is 27.3 Å². The zero-order valence-electron chi connectivity index (χ0n) is 11.2. The van der Waals surface area contributed by atoms with E-state index in [4.69, 9.17) is 0 Å². The Morgan fingerprint density at radius 1 is 1.33 bits per heavy atom. The van der Waals surface area contributed by atoms with Crippen LogP contribution in [0.25, 0.3) is 0 Å². The van der Waals surface area contributed by atoms with Gasteiger partial charge in [-0.3, -0.25) is 4.79 Å². The number of nitrogens with one attached hydrogen (secondary N) is 2. The van der Waals surface area contributed by atoms with Crippen LogP contribution in [0.1, 0.15) is 25.0 Å². The Hall–Kier alpha value is -1.42. The van der Waals surface area contributed by atoms with Crippen molar-refractivity contribution in [1.29, 1.82) is 0 Å². The molecule has 0 radical (unpaired) electrons.